The molecule has 0 aliphatic heterocycles. The van der Waals surface area contributed by atoms with Crippen molar-refractivity contribution in [2.45, 2.75) is 59.3 Å². The first-order valence-electron chi connectivity index (χ1n) is 8.90. The smallest absolute Gasteiger partial charge is 0.220 e. The Hall–Kier alpha value is -0.530. The highest BCUT2D eigenvalue weighted by Crippen LogP contribution is 2.25. The first-order chi connectivity index (χ1) is 10.6. The summed E-state index contributed by atoms with van der Waals surface area (Å²) in [5, 5.41) is 9.49. The van der Waals surface area contributed by atoms with Crippen LogP contribution in [0.1, 0.15) is 59.3 Å². The van der Waals surface area contributed by atoms with Crippen molar-refractivity contribution in [1.82, 2.24) is 16.0 Å². The topological polar surface area (TPSA) is 65.5 Å². The number of amides is 1. The van der Waals surface area contributed by atoms with Gasteiger partial charge in [-0.05, 0) is 31.6 Å². The third-order valence-corrected chi connectivity index (χ3v) is 3.90. The predicted molar refractivity (Wildman–Crippen MR) is 108 cm³/mol. The molecular formula is C17H35IN4O. The van der Waals surface area contributed by atoms with E-state index in [1.807, 2.05) is 0 Å². The van der Waals surface area contributed by atoms with Gasteiger partial charge in [-0.3, -0.25) is 9.79 Å². The number of carbonyl (C=O) groups excluding carboxylic acids is 1. The quantitative estimate of drug-likeness (QED) is 0.236. The maximum atomic E-state index is 11.9. The Bertz CT molecular complexity index is 341. The van der Waals surface area contributed by atoms with E-state index in [2.05, 4.69) is 41.7 Å². The zero-order chi connectivity index (χ0) is 16.2. The summed E-state index contributed by atoms with van der Waals surface area (Å²) in [4.78, 5) is 16.4. The van der Waals surface area contributed by atoms with Gasteiger partial charge < -0.3 is 16.0 Å². The SMILES string of the molecule is CCNC(=NCC(C)C)NCCNC(=O)CC1CCCCC1.I. The van der Waals surface area contributed by atoms with Crippen LogP contribution in [0.5, 0.6) is 0 Å². The summed E-state index contributed by atoms with van der Waals surface area (Å²) in [6.07, 6.45) is 7.05. The fourth-order valence-electron chi connectivity index (χ4n) is 2.72. The van der Waals surface area contributed by atoms with Gasteiger partial charge in [0.25, 0.3) is 0 Å². The van der Waals surface area contributed by atoms with Gasteiger partial charge in [0.1, 0.15) is 0 Å². The van der Waals surface area contributed by atoms with Crippen molar-refractivity contribution in [1.29, 1.82) is 0 Å². The van der Waals surface area contributed by atoms with E-state index in [4.69, 9.17) is 0 Å². The van der Waals surface area contributed by atoms with Crippen molar-refractivity contribution < 1.29 is 4.79 Å². The van der Waals surface area contributed by atoms with Gasteiger partial charge in [-0.25, -0.2) is 0 Å². The first kappa shape index (κ1) is 22.5. The molecule has 0 heterocycles. The molecule has 1 fully saturated rings. The molecule has 0 aromatic rings. The van der Waals surface area contributed by atoms with Gasteiger partial charge >= 0.3 is 0 Å². The van der Waals surface area contributed by atoms with Crippen LogP contribution in [0.15, 0.2) is 4.99 Å². The molecule has 5 nitrogen and oxygen atoms in total. The zero-order valence-electron chi connectivity index (χ0n) is 15.0. The Morgan fingerprint density at radius 2 is 1.74 bits per heavy atom. The maximum absolute atomic E-state index is 11.9. The minimum absolute atomic E-state index is 0. The molecule has 0 radical (unpaired) electrons. The molecular weight excluding hydrogens is 403 g/mol. The molecule has 1 rings (SSSR count). The van der Waals surface area contributed by atoms with Crippen LogP contribution < -0.4 is 16.0 Å². The Morgan fingerprint density at radius 3 is 2.35 bits per heavy atom. The molecule has 1 saturated carbocycles. The summed E-state index contributed by atoms with van der Waals surface area (Å²) >= 11 is 0. The average molecular weight is 438 g/mol. The number of halogens is 1. The Kier molecular flexibility index (Phi) is 13.5. The fraction of sp³-hybridized carbons (Fsp3) is 0.882. The summed E-state index contributed by atoms with van der Waals surface area (Å²) < 4.78 is 0. The normalized spacial score (nSPS) is 15.9. The van der Waals surface area contributed by atoms with Crippen LogP contribution in [0.25, 0.3) is 0 Å². The first-order valence-corrected chi connectivity index (χ1v) is 8.90. The fourth-order valence-corrected chi connectivity index (χ4v) is 2.72. The average Bonchev–Trinajstić information content (AvgIpc) is 2.50. The zero-order valence-corrected chi connectivity index (χ0v) is 17.3. The highest BCUT2D eigenvalue weighted by atomic mass is 127. The number of hydrogen-bond donors (Lipinski definition) is 3. The second-order valence-corrected chi connectivity index (χ2v) is 6.60. The van der Waals surface area contributed by atoms with Gasteiger partial charge in [-0.2, -0.15) is 0 Å². The summed E-state index contributed by atoms with van der Waals surface area (Å²) in [6, 6.07) is 0. The predicted octanol–water partition coefficient (Wildman–Crippen LogP) is 2.90. The van der Waals surface area contributed by atoms with Gasteiger partial charge in [0.05, 0.1) is 0 Å². The molecule has 0 aromatic heterocycles. The summed E-state index contributed by atoms with van der Waals surface area (Å²) in [7, 11) is 0. The number of nitrogens with zero attached hydrogens (tertiary/aromatic N) is 1. The third-order valence-electron chi connectivity index (χ3n) is 3.90. The lowest BCUT2D eigenvalue weighted by Crippen LogP contribution is -2.42. The number of rotatable bonds is 8. The minimum atomic E-state index is 0. The molecule has 0 saturated heterocycles. The monoisotopic (exact) mass is 438 g/mol. The number of carbonyl (C=O) groups is 1. The molecule has 136 valence electrons. The van der Waals surface area contributed by atoms with Crippen molar-refractivity contribution in [3.05, 3.63) is 0 Å². The molecule has 1 aliphatic carbocycles. The molecule has 3 N–H and O–H groups in total. The van der Waals surface area contributed by atoms with E-state index in [0.717, 1.165) is 19.0 Å². The molecule has 6 heteroatoms. The van der Waals surface area contributed by atoms with Crippen LogP contribution in [0, 0.1) is 11.8 Å². The lowest BCUT2D eigenvalue weighted by Gasteiger charge is -2.20. The van der Waals surface area contributed by atoms with Gasteiger partial charge in [-0.15, -0.1) is 24.0 Å². The Morgan fingerprint density at radius 1 is 1.09 bits per heavy atom. The van der Waals surface area contributed by atoms with E-state index in [1.54, 1.807) is 0 Å². The van der Waals surface area contributed by atoms with Crippen LogP contribution in [-0.4, -0.2) is 38.0 Å². The van der Waals surface area contributed by atoms with E-state index < -0.39 is 0 Å². The van der Waals surface area contributed by atoms with Gasteiger partial charge in [0, 0.05) is 32.6 Å². The van der Waals surface area contributed by atoms with Gasteiger partial charge in [-0.1, -0.05) is 33.1 Å². The highest BCUT2D eigenvalue weighted by Gasteiger charge is 2.16. The Balaban J connectivity index is 0.00000484. The van der Waals surface area contributed by atoms with Crippen molar-refractivity contribution >= 4 is 35.8 Å². The van der Waals surface area contributed by atoms with Crippen LogP contribution in [-0.2, 0) is 4.79 Å². The third kappa shape index (κ3) is 11.6. The van der Waals surface area contributed by atoms with Gasteiger partial charge in [0.2, 0.25) is 5.91 Å². The molecule has 0 spiro atoms. The van der Waals surface area contributed by atoms with E-state index >= 15 is 0 Å². The Labute approximate surface area is 158 Å². The lowest BCUT2D eigenvalue weighted by molar-refractivity contribution is -0.122. The van der Waals surface area contributed by atoms with Crippen molar-refractivity contribution in [3.8, 4) is 0 Å². The van der Waals surface area contributed by atoms with Gasteiger partial charge in [0.15, 0.2) is 5.96 Å². The molecule has 0 atom stereocenters. The second kappa shape index (κ2) is 13.9. The van der Waals surface area contributed by atoms with E-state index in [1.165, 1.54) is 32.1 Å². The van der Waals surface area contributed by atoms with Crippen LogP contribution in [0.2, 0.25) is 0 Å². The van der Waals surface area contributed by atoms with Crippen LogP contribution >= 0.6 is 24.0 Å². The standard InChI is InChI=1S/C17H34N4O.HI/c1-4-18-17(21-13-14(2)3)20-11-10-19-16(22)12-15-8-6-5-7-9-15;/h14-15H,4-13H2,1-3H3,(H,19,22)(H2,18,20,21);1H. The highest BCUT2D eigenvalue weighted by molar-refractivity contribution is 14.0. The molecule has 23 heavy (non-hydrogen) atoms. The second-order valence-electron chi connectivity index (χ2n) is 6.60. The summed E-state index contributed by atoms with van der Waals surface area (Å²) in [6.45, 7) is 9.37. The van der Waals surface area contributed by atoms with Crippen LogP contribution in [0.3, 0.4) is 0 Å². The number of aliphatic imine (C=N–C) groups is 1. The van der Waals surface area contributed by atoms with Crippen molar-refractivity contribution in [2.75, 3.05) is 26.2 Å². The molecule has 1 amide bonds. The maximum Gasteiger partial charge on any atom is 0.220 e. The molecule has 0 unspecified atom stereocenters. The minimum Gasteiger partial charge on any atom is -0.357 e. The van der Waals surface area contributed by atoms with E-state index in [-0.39, 0.29) is 29.9 Å². The number of nitrogens with one attached hydrogen (secondary N) is 3. The number of hydrogen-bond acceptors (Lipinski definition) is 2. The van der Waals surface area contributed by atoms with Crippen LogP contribution in [0.4, 0.5) is 0 Å². The molecule has 0 aromatic carbocycles. The van der Waals surface area contributed by atoms with E-state index in [0.29, 0.717) is 31.3 Å². The largest absolute Gasteiger partial charge is 0.357 e. The number of guanidine groups is 1. The lowest BCUT2D eigenvalue weighted by atomic mass is 9.87. The van der Waals surface area contributed by atoms with E-state index in [9.17, 15) is 4.79 Å². The van der Waals surface area contributed by atoms with Crippen molar-refractivity contribution in [2.24, 2.45) is 16.8 Å². The molecule has 1 aliphatic rings. The van der Waals surface area contributed by atoms with Crippen molar-refractivity contribution in [3.63, 3.8) is 0 Å². The summed E-state index contributed by atoms with van der Waals surface area (Å²) in [5.74, 6) is 2.17. The summed E-state index contributed by atoms with van der Waals surface area (Å²) in [5.41, 5.74) is 0. The molecule has 0 bridgehead atoms.